The molecular formula is C25H19BrO5. The van der Waals surface area contributed by atoms with Gasteiger partial charge in [0, 0.05) is 15.6 Å². The average Bonchev–Trinajstić information content (AvgIpc) is 3.11. The number of ketones is 2. The van der Waals surface area contributed by atoms with E-state index in [9.17, 15) is 9.59 Å². The van der Waals surface area contributed by atoms with E-state index in [0.717, 1.165) is 10.0 Å². The highest BCUT2D eigenvalue weighted by atomic mass is 79.9. The summed E-state index contributed by atoms with van der Waals surface area (Å²) < 4.78 is 17.6. The van der Waals surface area contributed by atoms with Gasteiger partial charge in [-0.25, -0.2) is 0 Å². The molecule has 0 aromatic heterocycles. The fourth-order valence-electron chi connectivity index (χ4n) is 3.26. The molecule has 31 heavy (non-hydrogen) atoms. The Morgan fingerprint density at radius 2 is 1.81 bits per heavy atom. The van der Waals surface area contributed by atoms with Crippen molar-refractivity contribution in [1.29, 1.82) is 0 Å². The van der Waals surface area contributed by atoms with Gasteiger partial charge in [0.2, 0.25) is 5.78 Å². The van der Waals surface area contributed by atoms with Crippen molar-refractivity contribution in [2.24, 2.45) is 0 Å². The van der Waals surface area contributed by atoms with Gasteiger partial charge in [0.15, 0.2) is 18.1 Å². The van der Waals surface area contributed by atoms with E-state index in [2.05, 4.69) is 15.9 Å². The lowest BCUT2D eigenvalue weighted by Gasteiger charge is -2.11. The smallest absolute Gasteiger partial charge is 0.231 e. The highest BCUT2D eigenvalue weighted by Gasteiger charge is 2.30. The van der Waals surface area contributed by atoms with Crippen LogP contribution in [0.1, 0.15) is 31.8 Å². The molecular weight excluding hydrogens is 460 g/mol. The first-order valence-corrected chi connectivity index (χ1v) is 10.4. The summed E-state index contributed by atoms with van der Waals surface area (Å²) in [6.45, 7) is 1.68. The summed E-state index contributed by atoms with van der Waals surface area (Å²) in [7, 11) is 1.57. The van der Waals surface area contributed by atoms with Crippen LogP contribution < -0.4 is 14.2 Å². The minimum atomic E-state index is -0.185. The molecule has 0 radical (unpaired) electrons. The third kappa shape index (κ3) is 4.25. The van der Waals surface area contributed by atoms with Crippen LogP contribution in [0.4, 0.5) is 0 Å². The van der Waals surface area contributed by atoms with Gasteiger partial charge in [-0.1, -0.05) is 34.1 Å². The Balaban J connectivity index is 1.51. The van der Waals surface area contributed by atoms with E-state index >= 15 is 0 Å². The maximum atomic E-state index is 12.8. The van der Waals surface area contributed by atoms with Crippen LogP contribution in [0, 0.1) is 6.92 Å². The molecule has 6 heteroatoms. The number of methoxy groups -OCH3 is 1. The van der Waals surface area contributed by atoms with Crippen molar-refractivity contribution < 1.29 is 23.8 Å². The van der Waals surface area contributed by atoms with Gasteiger partial charge in [-0.15, -0.1) is 0 Å². The van der Waals surface area contributed by atoms with Crippen molar-refractivity contribution in [1.82, 2.24) is 0 Å². The summed E-state index contributed by atoms with van der Waals surface area (Å²) in [6, 6.07) is 17.8. The van der Waals surface area contributed by atoms with Crippen LogP contribution >= 0.6 is 15.9 Å². The molecule has 1 heterocycles. The number of carbonyl (C=O) groups is 2. The van der Waals surface area contributed by atoms with Crippen molar-refractivity contribution in [2.75, 3.05) is 13.7 Å². The van der Waals surface area contributed by atoms with Gasteiger partial charge >= 0.3 is 0 Å². The molecule has 0 saturated heterocycles. The fraction of sp³-hybridized carbons (Fsp3) is 0.120. The minimum Gasteiger partial charge on any atom is -0.497 e. The molecule has 0 spiro atoms. The predicted octanol–water partition coefficient (Wildman–Crippen LogP) is 5.64. The lowest BCUT2D eigenvalue weighted by Crippen LogP contribution is -2.12. The van der Waals surface area contributed by atoms with Gasteiger partial charge in [-0.3, -0.25) is 9.59 Å². The Bertz CT molecular complexity index is 1200. The zero-order valence-electron chi connectivity index (χ0n) is 17.0. The summed E-state index contributed by atoms with van der Waals surface area (Å²) >= 11 is 3.48. The first-order valence-electron chi connectivity index (χ1n) is 9.60. The lowest BCUT2D eigenvalue weighted by molar-refractivity contribution is 0.0920. The van der Waals surface area contributed by atoms with Crippen molar-refractivity contribution >= 4 is 33.6 Å². The van der Waals surface area contributed by atoms with Crippen molar-refractivity contribution in [2.45, 2.75) is 6.92 Å². The number of hydrogen-bond acceptors (Lipinski definition) is 5. The van der Waals surface area contributed by atoms with Crippen molar-refractivity contribution in [3.8, 4) is 17.2 Å². The maximum absolute atomic E-state index is 12.8. The Morgan fingerprint density at radius 3 is 2.52 bits per heavy atom. The van der Waals surface area contributed by atoms with Gasteiger partial charge in [-0.2, -0.15) is 0 Å². The zero-order valence-corrected chi connectivity index (χ0v) is 18.6. The Hall–Kier alpha value is -3.38. The SMILES string of the molecule is COc1ccc(C(=O)COc2ccc3c(c2C)O/C(=C\c2ccccc2Br)C3=O)cc1. The Kier molecular flexibility index (Phi) is 5.91. The number of halogens is 1. The third-order valence-corrected chi connectivity index (χ3v) is 5.72. The summed E-state index contributed by atoms with van der Waals surface area (Å²) in [4.78, 5) is 25.2. The Labute approximate surface area is 188 Å². The van der Waals surface area contributed by atoms with Crippen LogP contribution in [0.3, 0.4) is 0 Å². The zero-order chi connectivity index (χ0) is 22.0. The number of allylic oxidation sites excluding steroid dienone is 1. The average molecular weight is 479 g/mol. The predicted molar refractivity (Wildman–Crippen MR) is 121 cm³/mol. The van der Waals surface area contributed by atoms with E-state index in [1.807, 2.05) is 24.3 Å². The quantitative estimate of drug-likeness (QED) is 0.338. The normalized spacial score (nSPS) is 13.6. The van der Waals surface area contributed by atoms with Gasteiger partial charge < -0.3 is 14.2 Å². The lowest BCUT2D eigenvalue weighted by atomic mass is 10.1. The van der Waals surface area contributed by atoms with Crippen molar-refractivity contribution in [3.05, 3.63) is 93.1 Å². The van der Waals surface area contributed by atoms with Gasteiger partial charge in [0.05, 0.1) is 12.7 Å². The Morgan fingerprint density at radius 1 is 1.06 bits per heavy atom. The van der Waals surface area contributed by atoms with E-state index in [1.165, 1.54) is 0 Å². The molecule has 4 rings (SSSR count). The topological polar surface area (TPSA) is 61.8 Å². The highest BCUT2D eigenvalue weighted by Crippen LogP contribution is 2.39. The van der Waals surface area contributed by atoms with Crippen LogP contribution in [-0.2, 0) is 0 Å². The van der Waals surface area contributed by atoms with Crippen LogP contribution in [0.15, 0.2) is 70.9 Å². The second-order valence-corrected chi connectivity index (χ2v) is 7.82. The molecule has 3 aromatic carbocycles. The third-order valence-electron chi connectivity index (χ3n) is 5.00. The molecule has 0 aliphatic carbocycles. The molecule has 0 atom stereocenters. The monoisotopic (exact) mass is 478 g/mol. The molecule has 0 saturated carbocycles. The summed E-state index contributed by atoms with van der Waals surface area (Å²) in [5, 5.41) is 0. The van der Waals surface area contributed by atoms with Crippen LogP contribution in [0.5, 0.6) is 17.2 Å². The largest absolute Gasteiger partial charge is 0.497 e. The van der Waals surface area contributed by atoms with E-state index < -0.39 is 0 Å². The summed E-state index contributed by atoms with van der Waals surface area (Å²) in [6.07, 6.45) is 1.71. The molecule has 1 aliphatic rings. The number of fused-ring (bicyclic) bond motifs is 1. The van der Waals surface area contributed by atoms with Gasteiger partial charge in [0.25, 0.3) is 0 Å². The van der Waals surface area contributed by atoms with E-state index in [0.29, 0.717) is 33.9 Å². The molecule has 5 nitrogen and oxygen atoms in total. The molecule has 1 aliphatic heterocycles. The van der Waals surface area contributed by atoms with Gasteiger partial charge in [0.1, 0.15) is 17.2 Å². The molecule has 3 aromatic rings. The first kappa shape index (κ1) is 20.9. The van der Waals surface area contributed by atoms with E-state index in [1.54, 1.807) is 56.5 Å². The molecule has 0 fully saturated rings. The number of benzene rings is 3. The number of carbonyl (C=O) groups excluding carboxylic acids is 2. The van der Waals surface area contributed by atoms with Crippen LogP contribution in [0.2, 0.25) is 0 Å². The molecule has 0 N–H and O–H groups in total. The second-order valence-electron chi connectivity index (χ2n) is 6.97. The van der Waals surface area contributed by atoms with Gasteiger partial charge in [-0.05, 0) is 61.0 Å². The second kappa shape index (κ2) is 8.78. The van der Waals surface area contributed by atoms with Crippen molar-refractivity contribution in [3.63, 3.8) is 0 Å². The van der Waals surface area contributed by atoms with Crippen LogP contribution in [-0.4, -0.2) is 25.3 Å². The standard InChI is InChI=1S/C25H19BrO5/c1-15-22(30-14-21(27)16-7-9-18(29-2)10-8-16)12-11-19-24(28)23(31-25(15)19)13-17-5-3-4-6-20(17)26/h3-13H,14H2,1-2H3/b23-13-. The van der Waals surface area contributed by atoms with E-state index in [-0.39, 0.29) is 23.9 Å². The molecule has 0 amide bonds. The summed E-state index contributed by atoms with van der Waals surface area (Å²) in [5.74, 6) is 1.54. The summed E-state index contributed by atoms with van der Waals surface area (Å²) in [5.41, 5.74) is 2.52. The number of rotatable bonds is 6. The van der Waals surface area contributed by atoms with E-state index in [4.69, 9.17) is 14.2 Å². The maximum Gasteiger partial charge on any atom is 0.231 e. The minimum absolute atomic E-state index is 0.125. The van der Waals surface area contributed by atoms with Crippen LogP contribution in [0.25, 0.3) is 6.08 Å². The number of ether oxygens (including phenoxy) is 3. The molecule has 156 valence electrons. The number of Topliss-reactive ketones (excluding diaryl/α,β-unsaturated/α-hetero) is 2. The first-order chi connectivity index (χ1) is 15.0. The molecule has 0 unspecified atom stereocenters. The molecule has 0 bridgehead atoms. The fourth-order valence-corrected chi connectivity index (χ4v) is 3.66. The highest BCUT2D eigenvalue weighted by molar-refractivity contribution is 9.10. The number of hydrogen-bond donors (Lipinski definition) is 0.